The summed E-state index contributed by atoms with van der Waals surface area (Å²) in [4.78, 5) is 14.5. The molecule has 0 saturated carbocycles. The summed E-state index contributed by atoms with van der Waals surface area (Å²) in [6.45, 7) is 8.49. The van der Waals surface area contributed by atoms with Gasteiger partial charge in [-0.05, 0) is 42.9 Å². The Balaban J connectivity index is 1.97. The highest BCUT2D eigenvalue weighted by Gasteiger charge is 2.31. The van der Waals surface area contributed by atoms with Gasteiger partial charge >= 0.3 is 0 Å². The van der Waals surface area contributed by atoms with Crippen LogP contribution >= 0.6 is 0 Å². The predicted molar refractivity (Wildman–Crippen MR) is 87.2 cm³/mol. The number of anilines is 1. The molecular weight excluding hydrogens is 262 g/mol. The van der Waals surface area contributed by atoms with Crippen LogP contribution in [0.5, 0.6) is 0 Å². The van der Waals surface area contributed by atoms with E-state index in [-0.39, 0.29) is 5.91 Å². The average molecular weight is 289 g/mol. The first-order valence-corrected chi connectivity index (χ1v) is 7.80. The van der Waals surface area contributed by atoms with E-state index < -0.39 is 0 Å². The Hall–Kier alpha value is -1.39. The number of nitrogens with two attached hydrogens (primary N) is 1. The predicted octanol–water partition coefficient (Wildman–Crippen LogP) is 2.24. The molecule has 116 valence electrons. The Morgan fingerprint density at radius 2 is 2.19 bits per heavy atom. The number of aryl methyl sites for hydroxylation is 1. The maximum atomic E-state index is 12.3. The second kappa shape index (κ2) is 7.05. The second-order valence-corrected chi connectivity index (χ2v) is 6.47. The molecule has 1 saturated heterocycles. The molecule has 1 aliphatic rings. The van der Waals surface area contributed by atoms with Gasteiger partial charge in [-0.2, -0.15) is 0 Å². The van der Waals surface area contributed by atoms with Crippen LogP contribution in [-0.2, 0) is 4.79 Å². The van der Waals surface area contributed by atoms with Crippen molar-refractivity contribution in [3.05, 3.63) is 29.8 Å². The summed E-state index contributed by atoms with van der Waals surface area (Å²) in [5.41, 5.74) is 7.91. The van der Waals surface area contributed by atoms with Gasteiger partial charge in [0.1, 0.15) is 0 Å². The molecular formula is C17H27N3O. The highest BCUT2D eigenvalue weighted by molar-refractivity contribution is 5.92. The van der Waals surface area contributed by atoms with Crippen LogP contribution in [0.2, 0.25) is 0 Å². The molecule has 21 heavy (non-hydrogen) atoms. The topological polar surface area (TPSA) is 58.4 Å². The number of carbonyl (C=O) groups is 1. The molecule has 1 aromatic rings. The molecule has 0 aliphatic carbocycles. The number of nitrogens with one attached hydrogen (secondary N) is 1. The van der Waals surface area contributed by atoms with Gasteiger partial charge in [0, 0.05) is 24.8 Å². The number of benzene rings is 1. The molecule has 1 aliphatic heterocycles. The van der Waals surface area contributed by atoms with E-state index in [9.17, 15) is 4.79 Å². The quantitative estimate of drug-likeness (QED) is 0.893. The zero-order valence-electron chi connectivity index (χ0n) is 13.3. The van der Waals surface area contributed by atoms with Crippen LogP contribution in [0.15, 0.2) is 24.3 Å². The fourth-order valence-electron chi connectivity index (χ4n) is 3.43. The fraction of sp³-hybridized carbons (Fsp3) is 0.588. The molecule has 1 aromatic carbocycles. The number of nitrogens with zero attached hydrogens (tertiary/aromatic N) is 1. The van der Waals surface area contributed by atoms with Gasteiger partial charge in [-0.1, -0.05) is 26.0 Å². The molecule has 1 fully saturated rings. The minimum Gasteiger partial charge on any atom is -0.329 e. The second-order valence-electron chi connectivity index (χ2n) is 6.47. The van der Waals surface area contributed by atoms with Gasteiger partial charge in [-0.15, -0.1) is 0 Å². The molecule has 3 N–H and O–H groups in total. The first-order valence-electron chi connectivity index (χ1n) is 7.80. The van der Waals surface area contributed by atoms with Gasteiger partial charge in [0.15, 0.2) is 0 Å². The zero-order valence-corrected chi connectivity index (χ0v) is 13.3. The van der Waals surface area contributed by atoms with Crippen LogP contribution in [0.1, 0.15) is 25.8 Å². The number of carbonyl (C=O) groups excluding carboxylic acids is 1. The van der Waals surface area contributed by atoms with Crippen molar-refractivity contribution in [2.24, 2.45) is 17.6 Å². The van der Waals surface area contributed by atoms with E-state index in [4.69, 9.17) is 5.73 Å². The zero-order chi connectivity index (χ0) is 15.4. The third kappa shape index (κ3) is 4.29. The first kappa shape index (κ1) is 16.0. The Morgan fingerprint density at radius 1 is 1.43 bits per heavy atom. The third-order valence-corrected chi connectivity index (χ3v) is 4.34. The largest absolute Gasteiger partial charge is 0.329 e. The first-order chi connectivity index (χ1) is 9.99. The van der Waals surface area contributed by atoms with Gasteiger partial charge in [0.25, 0.3) is 0 Å². The number of rotatable bonds is 4. The summed E-state index contributed by atoms with van der Waals surface area (Å²) in [6, 6.07) is 8.20. The standard InChI is InChI=1S/C17H27N3O/c1-12-5-4-6-15(8-12)19-17(21)11-20-10-13(2)7-14(3)16(20)9-18/h4-6,8,13-14,16H,7,9-11,18H2,1-3H3,(H,19,21). The Bertz CT molecular complexity index is 489. The van der Waals surface area contributed by atoms with Crippen molar-refractivity contribution in [1.29, 1.82) is 0 Å². The molecule has 0 bridgehead atoms. The molecule has 4 nitrogen and oxygen atoms in total. The van der Waals surface area contributed by atoms with Crippen molar-refractivity contribution >= 4 is 11.6 Å². The monoisotopic (exact) mass is 289 g/mol. The summed E-state index contributed by atoms with van der Waals surface area (Å²) in [7, 11) is 0. The molecule has 1 heterocycles. The molecule has 4 heteroatoms. The highest BCUT2D eigenvalue weighted by Crippen LogP contribution is 2.26. The summed E-state index contributed by atoms with van der Waals surface area (Å²) >= 11 is 0. The lowest BCUT2D eigenvalue weighted by Gasteiger charge is -2.42. The van der Waals surface area contributed by atoms with Crippen LogP contribution in [0.3, 0.4) is 0 Å². The Kier molecular flexibility index (Phi) is 5.37. The Morgan fingerprint density at radius 3 is 2.86 bits per heavy atom. The van der Waals surface area contributed by atoms with Crippen molar-refractivity contribution in [3.63, 3.8) is 0 Å². The van der Waals surface area contributed by atoms with Gasteiger partial charge in [-0.3, -0.25) is 9.69 Å². The lowest BCUT2D eigenvalue weighted by Crippen LogP contribution is -2.53. The highest BCUT2D eigenvalue weighted by atomic mass is 16.2. The van der Waals surface area contributed by atoms with Crippen LogP contribution in [0.25, 0.3) is 0 Å². The van der Waals surface area contributed by atoms with Crippen LogP contribution in [0.4, 0.5) is 5.69 Å². The average Bonchev–Trinajstić information content (AvgIpc) is 2.37. The lowest BCUT2D eigenvalue weighted by molar-refractivity contribution is -0.118. The SMILES string of the molecule is Cc1cccc(NC(=O)CN2CC(C)CC(C)C2CN)c1. The van der Waals surface area contributed by atoms with Crippen molar-refractivity contribution < 1.29 is 4.79 Å². The van der Waals surface area contributed by atoms with E-state index in [1.807, 2.05) is 31.2 Å². The third-order valence-electron chi connectivity index (χ3n) is 4.34. The van der Waals surface area contributed by atoms with Crippen molar-refractivity contribution in [2.75, 3.05) is 25.0 Å². The van der Waals surface area contributed by atoms with E-state index in [1.54, 1.807) is 0 Å². The van der Waals surface area contributed by atoms with Crippen LogP contribution in [-0.4, -0.2) is 36.5 Å². The van der Waals surface area contributed by atoms with E-state index in [0.29, 0.717) is 31.0 Å². The van der Waals surface area contributed by atoms with Crippen LogP contribution in [0, 0.1) is 18.8 Å². The van der Waals surface area contributed by atoms with E-state index >= 15 is 0 Å². The minimum atomic E-state index is 0.0420. The molecule has 1 amide bonds. The lowest BCUT2D eigenvalue weighted by atomic mass is 9.85. The minimum absolute atomic E-state index is 0.0420. The number of amides is 1. The molecule has 2 rings (SSSR count). The molecule has 3 atom stereocenters. The molecule has 0 spiro atoms. The fourth-order valence-corrected chi connectivity index (χ4v) is 3.43. The van der Waals surface area contributed by atoms with Crippen molar-refractivity contribution in [1.82, 2.24) is 4.90 Å². The summed E-state index contributed by atoms with van der Waals surface area (Å²) in [5, 5.41) is 2.98. The van der Waals surface area contributed by atoms with Crippen LogP contribution < -0.4 is 11.1 Å². The summed E-state index contributed by atoms with van der Waals surface area (Å²) < 4.78 is 0. The van der Waals surface area contributed by atoms with Gasteiger partial charge < -0.3 is 11.1 Å². The maximum Gasteiger partial charge on any atom is 0.238 e. The number of piperidine rings is 1. The van der Waals surface area contributed by atoms with E-state index in [2.05, 4.69) is 24.1 Å². The van der Waals surface area contributed by atoms with Gasteiger partial charge in [-0.25, -0.2) is 0 Å². The van der Waals surface area contributed by atoms with Crippen molar-refractivity contribution in [2.45, 2.75) is 33.2 Å². The normalized spacial score (nSPS) is 26.6. The number of likely N-dealkylation sites (tertiary alicyclic amines) is 1. The number of hydrogen-bond donors (Lipinski definition) is 2. The van der Waals surface area contributed by atoms with Crippen molar-refractivity contribution in [3.8, 4) is 0 Å². The summed E-state index contributed by atoms with van der Waals surface area (Å²) in [5.74, 6) is 1.21. The maximum absolute atomic E-state index is 12.3. The van der Waals surface area contributed by atoms with E-state index in [0.717, 1.165) is 17.8 Å². The number of hydrogen-bond acceptors (Lipinski definition) is 3. The smallest absolute Gasteiger partial charge is 0.238 e. The van der Waals surface area contributed by atoms with Gasteiger partial charge in [0.05, 0.1) is 6.54 Å². The van der Waals surface area contributed by atoms with E-state index in [1.165, 1.54) is 6.42 Å². The summed E-state index contributed by atoms with van der Waals surface area (Å²) in [6.07, 6.45) is 1.19. The molecule has 0 aromatic heterocycles. The molecule has 3 unspecified atom stereocenters. The Labute approximate surface area is 127 Å². The van der Waals surface area contributed by atoms with Gasteiger partial charge in [0.2, 0.25) is 5.91 Å². The molecule has 0 radical (unpaired) electrons.